The van der Waals surface area contributed by atoms with Crippen molar-refractivity contribution in [3.8, 4) is 11.1 Å². The fraction of sp³-hybridized carbons (Fsp3) is 0.188. The molecule has 0 saturated heterocycles. The number of benzene rings is 1. The van der Waals surface area contributed by atoms with Crippen LogP contribution in [0, 0.1) is 0 Å². The summed E-state index contributed by atoms with van der Waals surface area (Å²) in [6.45, 7) is 4.17. The van der Waals surface area contributed by atoms with E-state index in [1.165, 1.54) is 12.1 Å². The highest BCUT2D eigenvalue weighted by Gasteiger charge is 2.17. The van der Waals surface area contributed by atoms with Crippen LogP contribution in [0.15, 0.2) is 53.6 Å². The highest BCUT2D eigenvalue weighted by molar-refractivity contribution is 7.89. The molecule has 0 saturated carbocycles. The lowest BCUT2D eigenvalue weighted by Crippen LogP contribution is -2.11. The number of hydrogen-bond acceptors (Lipinski definition) is 3. The fourth-order valence-electron chi connectivity index (χ4n) is 2.53. The van der Waals surface area contributed by atoms with Crippen molar-refractivity contribution in [2.75, 3.05) is 0 Å². The number of hydrogen-bond donors (Lipinski definition) is 1. The molecule has 6 heteroatoms. The lowest BCUT2D eigenvalue weighted by Gasteiger charge is -2.07. The molecule has 5 nitrogen and oxygen atoms in total. The maximum Gasteiger partial charge on any atom is 0.238 e. The van der Waals surface area contributed by atoms with Crippen LogP contribution in [0.1, 0.15) is 25.5 Å². The summed E-state index contributed by atoms with van der Waals surface area (Å²) in [5, 5.41) is 9.78. The number of sulfonamides is 1. The second-order valence-electron chi connectivity index (χ2n) is 5.51. The van der Waals surface area contributed by atoms with E-state index in [4.69, 9.17) is 5.14 Å². The number of aromatic nitrogens is 2. The first-order chi connectivity index (χ1) is 10.4. The summed E-state index contributed by atoms with van der Waals surface area (Å²) >= 11 is 0. The van der Waals surface area contributed by atoms with Gasteiger partial charge in [0.15, 0.2) is 0 Å². The number of fused-ring (bicyclic) bond motifs is 1. The van der Waals surface area contributed by atoms with Gasteiger partial charge >= 0.3 is 0 Å². The van der Waals surface area contributed by atoms with Crippen LogP contribution in [0.25, 0.3) is 16.6 Å². The number of primary sulfonamides is 1. The zero-order valence-corrected chi connectivity index (χ0v) is 13.2. The van der Waals surface area contributed by atoms with Crippen molar-refractivity contribution in [3.63, 3.8) is 0 Å². The Kier molecular flexibility index (Phi) is 3.50. The van der Waals surface area contributed by atoms with Gasteiger partial charge in [-0.05, 0) is 35.7 Å². The molecule has 0 radical (unpaired) electrons. The molecule has 114 valence electrons. The molecule has 0 spiro atoms. The largest absolute Gasteiger partial charge is 0.240 e. The molecule has 0 atom stereocenters. The van der Waals surface area contributed by atoms with E-state index in [1.807, 2.05) is 28.9 Å². The topological polar surface area (TPSA) is 77.5 Å². The maximum absolute atomic E-state index is 11.4. The molecule has 2 aromatic heterocycles. The van der Waals surface area contributed by atoms with Crippen molar-refractivity contribution >= 4 is 15.5 Å². The molecular weight excluding hydrogens is 298 g/mol. The molecule has 2 N–H and O–H groups in total. The van der Waals surface area contributed by atoms with Crippen molar-refractivity contribution < 1.29 is 8.42 Å². The highest BCUT2D eigenvalue weighted by Crippen LogP contribution is 2.33. The minimum absolute atomic E-state index is 0.110. The molecule has 0 aliphatic heterocycles. The lowest BCUT2D eigenvalue weighted by atomic mass is 9.98. The third-order valence-electron chi connectivity index (χ3n) is 3.59. The minimum Gasteiger partial charge on any atom is -0.240 e. The van der Waals surface area contributed by atoms with Gasteiger partial charge in [0.1, 0.15) is 0 Å². The first kappa shape index (κ1) is 14.7. The molecule has 0 aliphatic carbocycles. The Morgan fingerprint density at radius 1 is 1.09 bits per heavy atom. The van der Waals surface area contributed by atoms with E-state index in [-0.39, 0.29) is 10.8 Å². The minimum atomic E-state index is -3.68. The molecule has 0 aliphatic rings. The van der Waals surface area contributed by atoms with E-state index < -0.39 is 10.0 Å². The average molecular weight is 315 g/mol. The van der Waals surface area contributed by atoms with Crippen LogP contribution < -0.4 is 5.14 Å². The molecule has 22 heavy (non-hydrogen) atoms. The Balaban J connectivity index is 2.23. The van der Waals surface area contributed by atoms with Gasteiger partial charge in [-0.1, -0.05) is 32.0 Å². The van der Waals surface area contributed by atoms with Gasteiger partial charge in [0.05, 0.1) is 16.1 Å². The van der Waals surface area contributed by atoms with Crippen LogP contribution in [0.2, 0.25) is 0 Å². The Labute approximate surface area is 129 Å². The molecule has 3 aromatic rings. The Hall–Kier alpha value is -2.18. The van der Waals surface area contributed by atoms with Crippen LogP contribution in [0.3, 0.4) is 0 Å². The van der Waals surface area contributed by atoms with Crippen molar-refractivity contribution in [1.82, 2.24) is 9.61 Å². The highest BCUT2D eigenvalue weighted by atomic mass is 32.2. The summed E-state index contributed by atoms with van der Waals surface area (Å²) in [4.78, 5) is 0.110. The third kappa shape index (κ3) is 2.51. The van der Waals surface area contributed by atoms with Crippen molar-refractivity contribution in [2.45, 2.75) is 24.7 Å². The first-order valence-corrected chi connectivity index (χ1v) is 8.53. The molecule has 0 amide bonds. The number of pyridine rings is 1. The third-order valence-corrected chi connectivity index (χ3v) is 4.51. The van der Waals surface area contributed by atoms with Gasteiger partial charge in [-0.3, -0.25) is 0 Å². The number of nitrogens with zero attached hydrogens (tertiary/aromatic N) is 2. The molecule has 0 unspecified atom stereocenters. The number of nitrogens with two attached hydrogens (primary N) is 1. The second-order valence-corrected chi connectivity index (χ2v) is 7.08. The van der Waals surface area contributed by atoms with Gasteiger partial charge in [0, 0.05) is 11.8 Å². The van der Waals surface area contributed by atoms with E-state index in [0.717, 1.165) is 22.3 Å². The molecule has 0 bridgehead atoms. The molecule has 0 fully saturated rings. The van der Waals surface area contributed by atoms with E-state index in [9.17, 15) is 8.42 Å². The predicted molar refractivity (Wildman–Crippen MR) is 86.1 cm³/mol. The van der Waals surface area contributed by atoms with E-state index in [2.05, 4.69) is 18.9 Å². The predicted octanol–water partition coefficient (Wildman–Crippen LogP) is 2.77. The fourth-order valence-corrected chi connectivity index (χ4v) is 3.04. The van der Waals surface area contributed by atoms with Crippen LogP contribution in [-0.4, -0.2) is 18.0 Å². The monoisotopic (exact) mass is 315 g/mol. The maximum atomic E-state index is 11.4. The summed E-state index contributed by atoms with van der Waals surface area (Å²) in [5.74, 6) is 0.257. The Bertz CT molecular complexity index is 926. The van der Waals surface area contributed by atoms with E-state index >= 15 is 0 Å². The standard InChI is InChI=1S/C16H17N3O2S/c1-11(2)16-15(14-5-3-4-10-19(14)18-16)12-6-8-13(9-7-12)22(17,20)21/h3-11H,1-2H3,(H2,17,20,21). The zero-order valence-electron chi connectivity index (χ0n) is 12.4. The Morgan fingerprint density at radius 2 is 1.77 bits per heavy atom. The van der Waals surface area contributed by atoms with Gasteiger partial charge in [0.25, 0.3) is 0 Å². The van der Waals surface area contributed by atoms with Gasteiger partial charge in [-0.2, -0.15) is 5.10 Å². The summed E-state index contributed by atoms with van der Waals surface area (Å²) in [6, 6.07) is 12.5. The average Bonchev–Trinajstić information content (AvgIpc) is 2.86. The molecule has 1 aromatic carbocycles. The van der Waals surface area contributed by atoms with E-state index in [0.29, 0.717) is 0 Å². The lowest BCUT2D eigenvalue weighted by molar-refractivity contribution is 0.598. The van der Waals surface area contributed by atoms with Crippen LogP contribution in [0.5, 0.6) is 0 Å². The normalized spacial score (nSPS) is 12.2. The smallest absolute Gasteiger partial charge is 0.238 e. The quantitative estimate of drug-likeness (QED) is 0.807. The molecular formula is C16H17N3O2S. The summed E-state index contributed by atoms with van der Waals surface area (Å²) in [6.07, 6.45) is 1.91. The van der Waals surface area contributed by atoms with Gasteiger partial charge in [-0.15, -0.1) is 0 Å². The zero-order chi connectivity index (χ0) is 15.9. The summed E-state index contributed by atoms with van der Waals surface area (Å²) in [5.41, 5.74) is 3.93. The van der Waals surface area contributed by atoms with Crippen molar-refractivity contribution in [2.24, 2.45) is 5.14 Å². The van der Waals surface area contributed by atoms with Crippen molar-refractivity contribution in [1.29, 1.82) is 0 Å². The summed E-state index contributed by atoms with van der Waals surface area (Å²) < 4.78 is 24.6. The first-order valence-electron chi connectivity index (χ1n) is 6.98. The van der Waals surface area contributed by atoms with Gasteiger partial charge in [0.2, 0.25) is 10.0 Å². The summed E-state index contributed by atoms with van der Waals surface area (Å²) in [7, 11) is -3.68. The second kappa shape index (κ2) is 5.23. The Morgan fingerprint density at radius 3 is 2.36 bits per heavy atom. The SMILES string of the molecule is CC(C)c1nn2ccccc2c1-c1ccc(S(N)(=O)=O)cc1. The van der Waals surface area contributed by atoms with Crippen LogP contribution >= 0.6 is 0 Å². The van der Waals surface area contributed by atoms with Gasteiger partial charge in [-0.25, -0.2) is 18.1 Å². The number of rotatable bonds is 3. The van der Waals surface area contributed by atoms with Crippen LogP contribution in [0.4, 0.5) is 0 Å². The molecule has 3 rings (SSSR count). The van der Waals surface area contributed by atoms with E-state index in [1.54, 1.807) is 12.1 Å². The van der Waals surface area contributed by atoms with Gasteiger partial charge < -0.3 is 0 Å². The van der Waals surface area contributed by atoms with Crippen LogP contribution in [-0.2, 0) is 10.0 Å². The van der Waals surface area contributed by atoms with Crippen molar-refractivity contribution in [3.05, 3.63) is 54.4 Å². The molecule has 2 heterocycles.